The Morgan fingerprint density at radius 1 is 0.949 bits per heavy atom. The van der Waals surface area contributed by atoms with Crippen molar-refractivity contribution in [2.24, 2.45) is 0 Å². The molecule has 4 rings (SSSR count). The maximum Gasteiger partial charge on any atom is 0.233 e. The monoisotopic (exact) mass is 588 g/mol. The molecule has 1 aromatic heterocycles. The van der Waals surface area contributed by atoms with E-state index in [9.17, 15) is 13.2 Å². The topological polar surface area (TPSA) is 73.8 Å². The molecular weight excluding hydrogens is 555 g/mol. The van der Waals surface area contributed by atoms with E-state index in [2.05, 4.69) is 22.0 Å². The Morgan fingerprint density at radius 2 is 1.56 bits per heavy atom. The highest BCUT2D eigenvalue weighted by Gasteiger charge is 2.38. The standard InChI is InChI=1S/C29H34Cl2N4O3S/c1-29(25-8-9-26(30)27(31)20-25,12-15-34-16-18-35(19-17-34)39(3,37)38)28(36)33(2)21-22-4-6-23(7-5-22)24-10-13-32-14-11-24/h4-11,13-14,20H,12,15-19,21H2,1-3H3. The van der Waals surface area contributed by atoms with Crippen LogP contribution in [0.15, 0.2) is 67.0 Å². The average Bonchev–Trinajstić information content (AvgIpc) is 2.93. The highest BCUT2D eigenvalue weighted by molar-refractivity contribution is 7.88. The Bertz CT molecular complexity index is 1400. The Kier molecular flexibility index (Phi) is 9.34. The number of sulfonamides is 1. The number of hydrogen-bond donors (Lipinski definition) is 0. The summed E-state index contributed by atoms with van der Waals surface area (Å²) < 4.78 is 25.3. The second-order valence-corrected chi connectivity index (χ2v) is 13.1. The average molecular weight is 590 g/mol. The Hall–Kier alpha value is -2.49. The fourth-order valence-electron chi connectivity index (χ4n) is 4.99. The molecule has 1 saturated heterocycles. The number of carbonyl (C=O) groups excluding carboxylic acids is 1. The molecule has 2 aromatic carbocycles. The molecule has 1 aliphatic rings. The first-order valence-electron chi connectivity index (χ1n) is 12.9. The van der Waals surface area contributed by atoms with Gasteiger partial charge in [-0.25, -0.2) is 8.42 Å². The first kappa shape index (κ1) is 29.5. The first-order chi connectivity index (χ1) is 18.5. The molecule has 3 aromatic rings. The molecule has 0 saturated carbocycles. The third-order valence-electron chi connectivity index (χ3n) is 7.49. The number of pyridine rings is 1. The van der Waals surface area contributed by atoms with Gasteiger partial charge in [-0.1, -0.05) is 53.5 Å². The number of hydrogen-bond acceptors (Lipinski definition) is 5. The van der Waals surface area contributed by atoms with Crippen molar-refractivity contribution in [3.63, 3.8) is 0 Å². The highest BCUT2D eigenvalue weighted by atomic mass is 35.5. The summed E-state index contributed by atoms with van der Waals surface area (Å²) in [6.07, 6.45) is 5.33. The van der Waals surface area contributed by atoms with Crippen LogP contribution in [0.3, 0.4) is 0 Å². The second kappa shape index (κ2) is 12.4. The lowest BCUT2D eigenvalue weighted by atomic mass is 9.77. The minimum Gasteiger partial charge on any atom is -0.341 e. The van der Waals surface area contributed by atoms with Crippen LogP contribution in [0, 0.1) is 0 Å². The number of likely N-dealkylation sites (N-methyl/N-ethyl adjacent to an activating group) is 1. The summed E-state index contributed by atoms with van der Waals surface area (Å²) in [5, 5.41) is 0.846. The minimum atomic E-state index is -3.20. The fraction of sp³-hybridized carbons (Fsp3) is 0.379. The zero-order valence-corrected chi connectivity index (χ0v) is 24.8. The zero-order valence-electron chi connectivity index (χ0n) is 22.5. The number of rotatable bonds is 9. The lowest BCUT2D eigenvalue weighted by Gasteiger charge is -2.38. The summed E-state index contributed by atoms with van der Waals surface area (Å²) in [5.74, 6) is -0.0196. The maximum absolute atomic E-state index is 14.0. The predicted octanol–water partition coefficient (Wildman–Crippen LogP) is 4.94. The Balaban J connectivity index is 1.50. The summed E-state index contributed by atoms with van der Waals surface area (Å²) in [6, 6.07) is 17.5. The molecular formula is C29H34Cl2N4O3S. The van der Waals surface area contributed by atoms with Gasteiger partial charge < -0.3 is 9.80 Å². The maximum atomic E-state index is 14.0. The van der Waals surface area contributed by atoms with Crippen LogP contribution >= 0.6 is 23.2 Å². The van der Waals surface area contributed by atoms with E-state index in [1.807, 2.05) is 44.3 Å². The second-order valence-electron chi connectivity index (χ2n) is 10.3. The van der Waals surface area contributed by atoms with Gasteiger partial charge in [0.2, 0.25) is 15.9 Å². The van der Waals surface area contributed by atoms with Gasteiger partial charge in [0.15, 0.2) is 0 Å². The van der Waals surface area contributed by atoms with Gasteiger partial charge in [0.25, 0.3) is 0 Å². The molecule has 1 unspecified atom stereocenters. The first-order valence-corrected chi connectivity index (χ1v) is 15.5. The van der Waals surface area contributed by atoms with Crippen molar-refractivity contribution in [3.05, 3.63) is 88.2 Å². The molecule has 1 aliphatic heterocycles. The van der Waals surface area contributed by atoms with Crippen LogP contribution < -0.4 is 0 Å². The van der Waals surface area contributed by atoms with Gasteiger partial charge in [-0.05, 0) is 66.4 Å². The molecule has 10 heteroatoms. The van der Waals surface area contributed by atoms with E-state index in [4.69, 9.17) is 23.2 Å². The van der Waals surface area contributed by atoms with Crippen LogP contribution in [-0.4, -0.2) is 79.4 Å². The van der Waals surface area contributed by atoms with Crippen LogP contribution in [-0.2, 0) is 26.8 Å². The molecule has 208 valence electrons. The Labute approximate surface area is 241 Å². The van der Waals surface area contributed by atoms with Crippen molar-refractivity contribution in [2.45, 2.75) is 25.3 Å². The smallest absolute Gasteiger partial charge is 0.233 e. The van der Waals surface area contributed by atoms with Gasteiger partial charge in [-0.15, -0.1) is 0 Å². The summed E-state index contributed by atoms with van der Waals surface area (Å²) in [6.45, 7) is 5.20. The molecule has 1 atom stereocenters. The third-order valence-corrected chi connectivity index (χ3v) is 9.53. The molecule has 0 bridgehead atoms. The molecule has 0 aliphatic carbocycles. The lowest BCUT2D eigenvalue weighted by molar-refractivity contribution is -0.136. The van der Waals surface area contributed by atoms with Gasteiger partial charge >= 0.3 is 0 Å². The number of halogens is 2. The predicted molar refractivity (Wildman–Crippen MR) is 157 cm³/mol. The minimum absolute atomic E-state index is 0.0196. The third kappa shape index (κ3) is 7.18. The zero-order chi connectivity index (χ0) is 28.2. The van der Waals surface area contributed by atoms with E-state index in [0.717, 1.165) is 22.3 Å². The molecule has 7 nitrogen and oxygen atoms in total. The van der Waals surface area contributed by atoms with Crippen LogP contribution in [0.1, 0.15) is 24.5 Å². The Morgan fingerprint density at radius 3 is 2.15 bits per heavy atom. The number of benzene rings is 2. The molecule has 2 heterocycles. The number of carbonyl (C=O) groups is 1. The fourth-order valence-corrected chi connectivity index (χ4v) is 6.12. The van der Waals surface area contributed by atoms with Crippen molar-refractivity contribution >= 4 is 39.1 Å². The lowest BCUT2D eigenvalue weighted by Crippen LogP contribution is -2.50. The number of nitrogens with zero attached hydrogens (tertiary/aromatic N) is 4. The van der Waals surface area contributed by atoms with Gasteiger partial charge in [0.1, 0.15) is 0 Å². The van der Waals surface area contributed by atoms with E-state index in [1.165, 1.54) is 10.6 Å². The van der Waals surface area contributed by atoms with E-state index in [-0.39, 0.29) is 5.91 Å². The van der Waals surface area contributed by atoms with E-state index in [1.54, 1.807) is 29.4 Å². The van der Waals surface area contributed by atoms with Gasteiger partial charge in [-0.3, -0.25) is 9.78 Å². The van der Waals surface area contributed by atoms with Crippen molar-refractivity contribution in [1.29, 1.82) is 0 Å². The van der Waals surface area contributed by atoms with E-state index in [0.29, 0.717) is 55.7 Å². The quantitative estimate of drug-likeness (QED) is 0.354. The van der Waals surface area contributed by atoms with Crippen LogP contribution in [0.25, 0.3) is 11.1 Å². The molecule has 0 spiro atoms. The van der Waals surface area contributed by atoms with Crippen molar-refractivity contribution in [1.82, 2.24) is 19.1 Å². The summed E-state index contributed by atoms with van der Waals surface area (Å²) >= 11 is 12.6. The number of piperazine rings is 1. The van der Waals surface area contributed by atoms with Gasteiger partial charge in [0.05, 0.1) is 21.7 Å². The summed E-state index contributed by atoms with van der Waals surface area (Å²) in [5.41, 5.74) is 3.15. The number of amides is 1. The van der Waals surface area contributed by atoms with Crippen molar-refractivity contribution < 1.29 is 13.2 Å². The largest absolute Gasteiger partial charge is 0.341 e. The highest BCUT2D eigenvalue weighted by Crippen LogP contribution is 2.35. The normalized spacial score (nSPS) is 16.5. The van der Waals surface area contributed by atoms with Crippen molar-refractivity contribution in [2.75, 3.05) is 46.0 Å². The molecule has 0 N–H and O–H groups in total. The number of aromatic nitrogens is 1. The summed E-state index contributed by atoms with van der Waals surface area (Å²) in [7, 11) is -1.38. The van der Waals surface area contributed by atoms with Crippen LogP contribution in [0.5, 0.6) is 0 Å². The molecule has 1 amide bonds. The van der Waals surface area contributed by atoms with Crippen LogP contribution in [0.4, 0.5) is 0 Å². The van der Waals surface area contributed by atoms with E-state index >= 15 is 0 Å². The van der Waals surface area contributed by atoms with E-state index < -0.39 is 15.4 Å². The van der Waals surface area contributed by atoms with Crippen LogP contribution in [0.2, 0.25) is 10.0 Å². The SMILES string of the molecule is CN(Cc1ccc(-c2ccncc2)cc1)C(=O)C(C)(CCN1CCN(S(C)(=O)=O)CC1)c1ccc(Cl)c(Cl)c1. The molecule has 39 heavy (non-hydrogen) atoms. The molecule has 0 radical (unpaired) electrons. The van der Waals surface area contributed by atoms with Crippen molar-refractivity contribution in [3.8, 4) is 11.1 Å². The summed E-state index contributed by atoms with van der Waals surface area (Å²) in [4.78, 5) is 22.1. The molecule has 1 fully saturated rings. The van der Waals surface area contributed by atoms with Gasteiger partial charge in [0, 0.05) is 52.2 Å². The van der Waals surface area contributed by atoms with Gasteiger partial charge in [-0.2, -0.15) is 4.31 Å².